The van der Waals surface area contributed by atoms with Crippen LogP contribution in [0.25, 0.3) is 0 Å². The third-order valence-electron chi connectivity index (χ3n) is 9.59. The fourth-order valence-electron chi connectivity index (χ4n) is 7.16. The molecule has 8 heteroatoms. The molecule has 2 aromatic carbocycles. The van der Waals surface area contributed by atoms with Gasteiger partial charge in [-0.2, -0.15) is 0 Å². The first-order valence-electron chi connectivity index (χ1n) is 14.3. The molecule has 0 aromatic heterocycles. The van der Waals surface area contributed by atoms with Gasteiger partial charge in [0.25, 0.3) is 0 Å². The van der Waals surface area contributed by atoms with Crippen LogP contribution in [0.3, 0.4) is 0 Å². The van der Waals surface area contributed by atoms with Gasteiger partial charge in [0.2, 0.25) is 17.7 Å². The number of likely N-dealkylation sites (tertiary alicyclic amines) is 1. The molecule has 6 rings (SSSR count). The first kappa shape index (κ1) is 27.0. The molecule has 3 amide bonds. The normalized spacial score (nSPS) is 34.1. The van der Waals surface area contributed by atoms with E-state index in [1.807, 2.05) is 55.5 Å². The van der Waals surface area contributed by atoms with Crippen molar-refractivity contribution in [1.29, 1.82) is 0 Å². The van der Waals surface area contributed by atoms with Gasteiger partial charge in [-0.3, -0.25) is 14.4 Å². The molecule has 4 aliphatic rings. The largest absolute Gasteiger partial charge is 0.359 e. The molecule has 210 valence electrons. The average Bonchev–Trinajstić information content (AvgIpc) is 3.57. The maximum atomic E-state index is 14.2. The number of ether oxygens (including phenoxy) is 1. The fraction of sp³-hybridized carbons (Fsp3) is 0.469. The van der Waals surface area contributed by atoms with Crippen LogP contribution in [0.15, 0.2) is 60.7 Å². The van der Waals surface area contributed by atoms with Crippen LogP contribution >= 0.6 is 11.6 Å². The first-order chi connectivity index (χ1) is 19.2. The van der Waals surface area contributed by atoms with Crippen molar-refractivity contribution in [3.63, 3.8) is 0 Å². The molecular formula is C32H36ClN3O4. The van der Waals surface area contributed by atoms with Gasteiger partial charge < -0.3 is 20.3 Å². The second-order valence-electron chi connectivity index (χ2n) is 12.0. The molecule has 8 atom stereocenters. The van der Waals surface area contributed by atoms with Gasteiger partial charge in [0.05, 0.1) is 17.9 Å². The Balaban J connectivity index is 1.32. The summed E-state index contributed by atoms with van der Waals surface area (Å²) in [7, 11) is 0. The molecular weight excluding hydrogens is 526 g/mol. The number of carbonyl (C=O) groups is 3. The molecule has 2 N–H and O–H groups in total. The topological polar surface area (TPSA) is 87.7 Å². The Morgan fingerprint density at radius 2 is 1.88 bits per heavy atom. The summed E-state index contributed by atoms with van der Waals surface area (Å²) in [4.78, 5) is 43.6. The van der Waals surface area contributed by atoms with Crippen molar-refractivity contribution < 1.29 is 19.1 Å². The second-order valence-corrected chi connectivity index (χ2v) is 12.4. The highest BCUT2D eigenvalue weighted by Crippen LogP contribution is 2.55. The number of hydrogen-bond donors (Lipinski definition) is 2. The van der Waals surface area contributed by atoms with Gasteiger partial charge in [0.1, 0.15) is 11.6 Å². The van der Waals surface area contributed by atoms with Gasteiger partial charge in [0, 0.05) is 23.3 Å². The zero-order chi connectivity index (χ0) is 28.2. The monoisotopic (exact) mass is 561 g/mol. The number of hydrogen-bond acceptors (Lipinski definition) is 4. The molecule has 0 radical (unpaired) electrons. The van der Waals surface area contributed by atoms with Crippen molar-refractivity contribution in [2.45, 2.75) is 70.4 Å². The summed E-state index contributed by atoms with van der Waals surface area (Å²) in [5, 5.41) is 6.79. The summed E-state index contributed by atoms with van der Waals surface area (Å²) in [6.45, 7) is 6.57. The summed E-state index contributed by atoms with van der Waals surface area (Å²) >= 11 is 6.29. The Hall–Kier alpha value is -3.16. The van der Waals surface area contributed by atoms with Crippen LogP contribution in [0.4, 0.5) is 5.69 Å². The summed E-state index contributed by atoms with van der Waals surface area (Å²) in [5.74, 6) is -1.48. The zero-order valence-corrected chi connectivity index (χ0v) is 23.9. The minimum absolute atomic E-state index is 0.0355. The predicted octanol–water partition coefficient (Wildman–Crippen LogP) is 4.88. The maximum absolute atomic E-state index is 14.2. The molecule has 1 saturated carbocycles. The lowest BCUT2D eigenvalue weighted by Crippen LogP contribution is -2.57. The Bertz CT molecular complexity index is 1360. The number of halogens is 1. The van der Waals surface area contributed by atoms with Crippen LogP contribution in [0.2, 0.25) is 5.02 Å². The third-order valence-corrected chi connectivity index (χ3v) is 10.0. The van der Waals surface area contributed by atoms with E-state index in [1.165, 1.54) is 0 Å². The lowest BCUT2D eigenvalue weighted by molar-refractivity contribution is -0.142. The minimum atomic E-state index is -1.20. The third kappa shape index (κ3) is 4.44. The van der Waals surface area contributed by atoms with Gasteiger partial charge in [0.15, 0.2) is 0 Å². The number of rotatable bonds is 6. The Morgan fingerprint density at radius 1 is 1.10 bits per heavy atom. The van der Waals surface area contributed by atoms with E-state index in [2.05, 4.69) is 24.5 Å². The minimum Gasteiger partial charge on any atom is -0.359 e. The molecule has 2 saturated heterocycles. The average molecular weight is 562 g/mol. The quantitative estimate of drug-likeness (QED) is 0.492. The van der Waals surface area contributed by atoms with Crippen molar-refractivity contribution >= 4 is 35.0 Å². The molecule has 3 heterocycles. The van der Waals surface area contributed by atoms with Gasteiger partial charge in [-0.05, 0) is 48.4 Å². The smallest absolute Gasteiger partial charge is 0.246 e. The van der Waals surface area contributed by atoms with E-state index in [-0.39, 0.29) is 30.3 Å². The maximum Gasteiger partial charge on any atom is 0.246 e. The Labute approximate surface area is 240 Å². The highest BCUT2D eigenvalue weighted by atomic mass is 35.5. The highest BCUT2D eigenvalue weighted by Gasteiger charge is 2.72. The molecule has 2 bridgehead atoms. The number of amides is 3. The molecule has 40 heavy (non-hydrogen) atoms. The van der Waals surface area contributed by atoms with Crippen LogP contribution < -0.4 is 10.6 Å². The molecule has 2 aromatic rings. The summed E-state index contributed by atoms with van der Waals surface area (Å²) in [5.41, 5.74) is 1.18. The number of aryl methyl sites for hydroxylation is 1. The highest BCUT2D eigenvalue weighted by molar-refractivity contribution is 6.31. The SMILES string of the molecule is Cc1ccc(NC(=O)[C@@H]2[C@@H]3C=C[C@]4(O3)[C@@H]2C(=O)N(Cc2ccccc2)[C@H]4C(=O)N[C@@H]2CCC[C@H](C)[C@H]2C)cc1Cl. The number of benzene rings is 2. The van der Waals surface area contributed by atoms with E-state index in [4.69, 9.17) is 16.3 Å². The number of carbonyl (C=O) groups excluding carboxylic acids is 3. The van der Waals surface area contributed by atoms with Gasteiger partial charge >= 0.3 is 0 Å². The molecule has 1 aliphatic carbocycles. The van der Waals surface area contributed by atoms with Crippen molar-refractivity contribution in [1.82, 2.24) is 10.2 Å². The van der Waals surface area contributed by atoms with Crippen LogP contribution in [0, 0.1) is 30.6 Å². The summed E-state index contributed by atoms with van der Waals surface area (Å²) in [6, 6.07) is 14.1. The standard InChI is InChI=1S/C32H36ClN3O4/c1-18-8-7-11-24(20(18)3)35-30(38)28-32-15-14-25(40-32)26(29(37)34-22-13-12-19(2)23(33)16-22)27(32)31(39)36(28)17-21-9-5-4-6-10-21/h4-6,9-10,12-16,18,20,24-28H,7-8,11,17H2,1-3H3,(H,34,37)(H,35,38)/t18-,20+,24+,25-,26+,27-,28-,32-/m0/s1. The van der Waals surface area contributed by atoms with E-state index >= 15 is 0 Å². The van der Waals surface area contributed by atoms with Crippen LogP contribution in [-0.4, -0.2) is 46.4 Å². The van der Waals surface area contributed by atoms with E-state index in [0.29, 0.717) is 22.5 Å². The van der Waals surface area contributed by atoms with Crippen molar-refractivity contribution in [2.24, 2.45) is 23.7 Å². The van der Waals surface area contributed by atoms with Gasteiger partial charge in [-0.25, -0.2) is 0 Å². The summed E-state index contributed by atoms with van der Waals surface area (Å²) in [6.07, 6.45) is 6.24. The first-order valence-corrected chi connectivity index (χ1v) is 14.7. The molecule has 1 spiro atoms. The number of nitrogens with one attached hydrogen (secondary N) is 2. The summed E-state index contributed by atoms with van der Waals surface area (Å²) < 4.78 is 6.49. The number of anilines is 1. The van der Waals surface area contributed by atoms with Crippen molar-refractivity contribution in [3.05, 3.63) is 76.8 Å². The molecule has 3 aliphatic heterocycles. The van der Waals surface area contributed by atoms with Crippen LogP contribution in [0.1, 0.15) is 44.2 Å². The lowest BCUT2D eigenvalue weighted by Gasteiger charge is -2.38. The van der Waals surface area contributed by atoms with E-state index < -0.39 is 29.6 Å². The second kappa shape index (κ2) is 10.3. The Kier molecular flexibility index (Phi) is 6.99. The Morgan fingerprint density at radius 3 is 2.62 bits per heavy atom. The van der Waals surface area contributed by atoms with E-state index in [0.717, 1.165) is 30.4 Å². The van der Waals surface area contributed by atoms with Gasteiger partial charge in [-0.1, -0.05) is 86.8 Å². The number of fused-ring (bicyclic) bond motifs is 1. The van der Waals surface area contributed by atoms with E-state index in [9.17, 15) is 14.4 Å². The molecule has 7 nitrogen and oxygen atoms in total. The molecule has 0 unspecified atom stereocenters. The van der Waals surface area contributed by atoms with Gasteiger partial charge in [-0.15, -0.1) is 0 Å². The fourth-order valence-corrected chi connectivity index (χ4v) is 7.34. The van der Waals surface area contributed by atoms with Crippen molar-refractivity contribution in [3.8, 4) is 0 Å². The number of nitrogens with zero attached hydrogens (tertiary/aromatic N) is 1. The van der Waals surface area contributed by atoms with Crippen molar-refractivity contribution in [2.75, 3.05) is 5.32 Å². The van der Waals surface area contributed by atoms with Crippen LogP contribution in [0.5, 0.6) is 0 Å². The lowest BCUT2D eigenvalue weighted by atomic mass is 9.73. The molecule has 3 fully saturated rings. The van der Waals surface area contributed by atoms with E-state index in [1.54, 1.807) is 17.0 Å². The predicted molar refractivity (Wildman–Crippen MR) is 153 cm³/mol. The van der Waals surface area contributed by atoms with Crippen LogP contribution in [-0.2, 0) is 25.7 Å². The zero-order valence-electron chi connectivity index (χ0n) is 23.1.